The molecule has 2 aromatic carbocycles. The Morgan fingerprint density at radius 2 is 1.71 bits per heavy atom. The Kier molecular flexibility index (Phi) is 7.53. The summed E-state index contributed by atoms with van der Waals surface area (Å²) < 4.78 is 33.0. The van der Waals surface area contributed by atoms with Crippen LogP contribution in [0, 0.1) is 0 Å². The van der Waals surface area contributed by atoms with Gasteiger partial charge in [-0.1, -0.05) is 18.2 Å². The van der Waals surface area contributed by atoms with Crippen molar-refractivity contribution < 1.29 is 27.5 Å². The van der Waals surface area contributed by atoms with E-state index in [1.54, 1.807) is 0 Å². The monoisotopic (exact) mass is 406 g/mol. The standard InChI is InChI=1S/C19H22N2O6S/c1-14(19(23)21-15-9-11-17(12-10-15)28(20,24)25)27-18(22)8-5-13-26-16-6-3-2-4-7-16/h2-4,6-7,9-12,14H,5,8,13H2,1H3,(H,21,23)(H2,20,24,25)/t14-/m0/s1. The summed E-state index contributed by atoms with van der Waals surface area (Å²) in [6, 6.07) is 14.6. The van der Waals surface area contributed by atoms with E-state index in [-0.39, 0.29) is 11.3 Å². The number of hydrogen-bond donors (Lipinski definition) is 2. The van der Waals surface area contributed by atoms with Crippen LogP contribution in [0.3, 0.4) is 0 Å². The van der Waals surface area contributed by atoms with Gasteiger partial charge in [-0.05, 0) is 49.7 Å². The molecular formula is C19H22N2O6S. The van der Waals surface area contributed by atoms with Gasteiger partial charge < -0.3 is 14.8 Å². The highest BCUT2D eigenvalue weighted by Crippen LogP contribution is 2.13. The fourth-order valence-corrected chi connectivity index (χ4v) is 2.72. The van der Waals surface area contributed by atoms with Crippen molar-refractivity contribution in [2.24, 2.45) is 5.14 Å². The first kappa shape index (κ1) is 21.4. The van der Waals surface area contributed by atoms with Crippen LogP contribution in [0.1, 0.15) is 19.8 Å². The number of amides is 1. The third-order valence-electron chi connectivity index (χ3n) is 3.67. The molecule has 0 aromatic heterocycles. The lowest BCUT2D eigenvalue weighted by Gasteiger charge is -2.14. The number of primary sulfonamides is 1. The number of nitrogens with two attached hydrogens (primary N) is 1. The van der Waals surface area contributed by atoms with Crippen molar-refractivity contribution in [1.82, 2.24) is 0 Å². The molecule has 0 bridgehead atoms. The van der Waals surface area contributed by atoms with E-state index in [1.165, 1.54) is 31.2 Å². The van der Waals surface area contributed by atoms with Crippen LogP contribution in [0.2, 0.25) is 0 Å². The maximum atomic E-state index is 12.1. The SMILES string of the molecule is C[C@H](OC(=O)CCCOc1ccccc1)C(=O)Nc1ccc(S(N)(=O)=O)cc1. The number of nitrogens with one attached hydrogen (secondary N) is 1. The Morgan fingerprint density at radius 1 is 1.07 bits per heavy atom. The van der Waals surface area contributed by atoms with Gasteiger partial charge in [0.2, 0.25) is 10.0 Å². The normalized spacial score (nSPS) is 12.1. The Bertz CT molecular complexity index is 898. The minimum Gasteiger partial charge on any atom is -0.494 e. The summed E-state index contributed by atoms with van der Waals surface area (Å²) in [7, 11) is -3.80. The number of sulfonamides is 1. The second-order valence-electron chi connectivity index (χ2n) is 5.96. The summed E-state index contributed by atoms with van der Waals surface area (Å²) in [5, 5.41) is 7.55. The molecule has 0 heterocycles. The molecule has 8 nitrogen and oxygen atoms in total. The molecule has 0 aliphatic heterocycles. The lowest BCUT2D eigenvalue weighted by molar-refractivity contribution is -0.153. The van der Waals surface area contributed by atoms with Crippen molar-refractivity contribution in [3.05, 3.63) is 54.6 Å². The average Bonchev–Trinajstić information content (AvgIpc) is 2.65. The number of esters is 1. The van der Waals surface area contributed by atoms with Gasteiger partial charge in [0.25, 0.3) is 5.91 Å². The zero-order chi connectivity index (χ0) is 20.6. The molecule has 1 atom stereocenters. The van der Waals surface area contributed by atoms with Crippen LogP contribution in [0.4, 0.5) is 5.69 Å². The summed E-state index contributed by atoms with van der Waals surface area (Å²) in [5.74, 6) is -0.321. The Morgan fingerprint density at radius 3 is 2.32 bits per heavy atom. The predicted molar refractivity (Wildman–Crippen MR) is 103 cm³/mol. The second kappa shape index (κ2) is 9.86. The van der Waals surface area contributed by atoms with Crippen molar-refractivity contribution in [3.63, 3.8) is 0 Å². The van der Waals surface area contributed by atoms with Crippen LogP contribution < -0.4 is 15.2 Å². The molecule has 0 unspecified atom stereocenters. The number of ether oxygens (including phenoxy) is 2. The van der Waals surface area contributed by atoms with Crippen LogP contribution in [0.5, 0.6) is 5.75 Å². The number of hydrogen-bond acceptors (Lipinski definition) is 6. The smallest absolute Gasteiger partial charge is 0.306 e. The average molecular weight is 406 g/mol. The summed E-state index contributed by atoms with van der Waals surface area (Å²) in [6.45, 7) is 1.81. The molecule has 0 spiro atoms. The van der Waals surface area contributed by atoms with Gasteiger partial charge in [0.1, 0.15) is 5.75 Å². The molecule has 0 saturated carbocycles. The first-order chi connectivity index (χ1) is 13.3. The van der Waals surface area contributed by atoms with Crippen LogP contribution in [0.15, 0.2) is 59.5 Å². The Labute approximate surface area is 163 Å². The summed E-state index contributed by atoms with van der Waals surface area (Å²) in [4.78, 5) is 23.9. The fraction of sp³-hybridized carbons (Fsp3) is 0.263. The first-order valence-electron chi connectivity index (χ1n) is 8.57. The molecule has 2 aromatic rings. The molecule has 0 radical (unpaired) electrons. The van der Waals surface area contributed by atoms with E-state index < -0.39 is 28.0 Å². The summed E-state index contributed by atoms with van der Waals surface area (Å²) >= 11 is 0. The van der Waals surface area contributed by atoms with Gasteiger partial charge in [-0.25, -0.2) is 13.6 Å². The molecule has 9 heteroatoms. The zero-order valence-electron chi connectivity index (χ0n) is 15.3. The van der Waals surface area contributed by atoms with E-state index in [9.17, 15) is 18.0 Å². The van der Waals surface area contributed by atoms with Gasteiger partial charge in [-0.2, -0.15) is 0 Å². The summed E-state index contributed by atoms with van der Waals surface area (Å²) in [6.07, 6.45) is -0.426. The van der Waals surface area contributed by atoms with Gasteiger partial charge in [0.15, 0.2) is 6.10 Å². The number of carbonyl (C=O) groups is 2. The topological polar surface area (TPSA) is 125 Å². The maximum absolute atomic E-state index is 12.1. The first-order valence-corrected chi connectivity index (χ1v) is 10.1. The number of para-hydroxylation sites is 1. The van der Waals surface area contributed by atoms with Gasteiger partial charge >= 0.3 is 5.97 Å². The molecule has 28 heavy (non-hydrogen) atoms. The fourth-order valence-electron chi connectivity index (χ4n) is 2.20. The van der Waals surface area contributed by atoms with E-state index in [0.29, 0.717) is 18.7 Å². The predicted octanol–water partition coefficient (Wildman–Crippen LogP) is 2.06. The molecule has 1 amide bonds. The molecular weight excluding hydrogens is 384 g/mol. The molecule has 0 aliphatic carbocycles. The van der Waals surface area contributed by atoms with Gasteiger partial charge in [-0.15, -0.1) is 0 Å². The minimum absolute atomic E-state index is 0.0669. The van der Waals surface area contributed by atoms with Gasteiger partial charge in [-0.3, -0.25) is 9.59 Å². The molecule has 2 rings (SSSR count). The van der Waals surface area contributed by atoms with Crippen molar-refractivity contribution >= 4 is 27.6 Å². The minimum atomic E-state index is -3.80. The number of carbonyl (C=O) groups excluding carboxylic acids is 2. The van der Waals surface area contributed by atoms with Crippen molar-refractivity contribution in [2.75, 3.05) is 11.9 Å². The highest BCUT2D eigenvalue weighted by Gasteiger charge is 2.18. The highest BCUT2D eigenvalue weighted by molar-refractivity contribution is 7.89. The molecule has 0 saturated heterocycles. The lowest BCUT2D eigenvalue weighted by atomic mass is 10.3. The number of benzene rings is 2. The van der Waals surface area contributed by atoms with E-state index >= 15 is 0 Å². The van der Waals surface area contributed by atoms with Crippen LogP contribution in [-0.2, 0) is 24.3 Å². The lowest BCUT2D eigenvalue weighted by Crippen LogP contribution is -2.30. The van der Waals surface area contributed by atoms with Crippen LogP contribution in [0.25, 0.3) is 0 Å². The summed E-state index contributed by atoms with van der Waals surface area (Å²) in [5.41, 5.74) is 0.358. The molecule has 150 valence electrons. The Hall–Kier alpha value is -2.91. The van der Waals surface area contributed by atoms with Crippen molar-refractivity contribution in [3.8, 4) is 5.75 Å². The van der Waals surface area contributed by atoms with Crippen LogP contribution in [-0.4, -0.2) is 33.0 Å². The molecule has 3 N–H and O–H groups in total. The van der Waals surface area contributed by atoms with Gasteiger partial charge in [0.05, 0.1) is 11.5 Å². The number of anilines is 1. The van der Waals surface area contributed by atoms with Crippen molar-refractivity contribution in [2.45, 2.75) is 30.8 Å². The van der Waals surface area contributed by atoms with E-state index in [0.717, 1.165) is 5.75 Å². The largest absolute Gasteiger partial charge is 0.494 e. The quantitative estimate of drug-likeness (QED) is 0.485. The third kappa shape index (κ3) is 7.01. The third-order valence-corrected chi connectivity index (χ3v) is 4.59. The molecule has 0 aliphatic rings. The highest BCUT2D eigenvalue weighted by atomic mass is 32.2. The second-order valence-corrected chi connectivity index (χ2v) is 7.52. The van der Waals surface area contributed by atoms with E-state index in [1.807, 2.05) is 30.3 Å². The van der Waals surface area contributed by atoms with Crippen LogP contribution >= 0.6 is 0 Å². The molecule has 0 fully saturated rings. The van der Waals surface area contributed by atoms with E-state index in [2.05, 4.69) is 5.32 Å². The Balaban J connectivity index is 1.73. The van der Waals surface area contributed by atoms with E-state index in [4.69, 9.17) is 14.6 Å². The maximum Gasteiger partial charge on any atom is 0.306 e. The van der Waals surface area contributed by atoms with Gasteiger partial charge in [0, 0.05) is 12.1 Å². The van der Waals surface area contributed by atoms with Crippen molar-refractivity contribution in [1.29, 1.82) is 0 Å². The zero-order valence-corrected chi connectivity index (χ0v) is 16.1. The number of rotatable bonds is 9.